The molecule has 2 heterocycles. The molecule has 7 heteroatoms. The van der Waals surface area contributed by atoms with Gasteiger partial charge in [0.15, 0.2) is 0 Å². The molecule has 4 aromatic rings. The second-order valence-electron chi connectivity index (χ2n) is 9.20. The van der Waals surface area contributed by atoms with Gasteiger partial charge in [0.2, 0.25) is 5.82 Å². The third-order valence-electron chi connectivity index (χ3n) is 6.78. The molecule has 7 nitrogen and oxygen atoms in total. The maximum Gasteiger partial charge on any atom is 0.322 e. The van der Waals surface area contributed by atoms with Crippen LogP contribution in [0.3, 0.4) is 0 Å². The Kier molecular flexibility index (Phi) is 6.77. The van der Waals surface area contributed by atoms with E-state index in [0.717, 1.165) is 45.7 Å². The summed E-state index contributed by atoms with van der Waals surface area (Å²) in [5.74, 6) is 1.62. The Morgan fingerprint density at radius 1 is 0.946 bits per heavy atom. The van der Waals surface area contributed by atoms with E-state index in [1.807, 2.05) is 62.4 Å². The zero-order valence-electron chi connectivity index (χ0n) is 21.5. The molecular weight excluding hydrogens is 464 g/mol. The number of ether oxygens (including phenoxy) is 1. The van der Waals surface area contributed by atoms with Crippen LogP contribution in [0.25, 0.3) is 17.0 Å². The molecule has 1 atom stereocenters. The number of aromatic nitrogens is 2. The number of carbonyl (C=O) groups is 1. The van der Waals surface area contributed by atoms with Crippen molar-refractivity contribution in [2.45, 2.75) is 39.8 Å². The maximum absolute atomic E-state index is 13.4. The fourth-order valence-corrected chi connectivity index (χ4v) is 4.51. The highest BCUT2D eigenvalue weighted by Crippen LogP contribution is 2.38. The highest BCUT2D eigenvalue weighted by Gasteiger charge is 2.35. The summed E-state index contributed by atoms with van der Waals surface area (Å²) < 4.78 is 11.1. The lowest BCUT2D eigenvalue weighted by Gasteiger charge is -2.35. The molecule has 0 saturated carbocycles. The van der Waals surface area contributed by atoms with E-state index in [4.69, 9.17) is 14.2 Å². The van der Waals surface area contributed by atoms with Crippen LogP contribution in [0.2, 0.25) is 0 Å². The van der Waals surface area contributed by atoms with Crippen LogP contribution < -0.4 is 10.1 Å². The monoisotopic (exact) mass is 494 g/mol. The quantitative estimate of drug-likeness (QED) is 0.325. The summed E-state index contributed by atoms with van der Waals surface area (Å²) in [5, 5.41) is 7.42. The number of amides is 2. The predicted molar refractivity (Wildman–Crippen MR) is 143 cm³/mol. The Bertz CT molecular complexity index is 1420. The number of carbonyl (C=O) groups excluding carboxylic acids is 1. The number of aryl methyl sites for hydroxylation is 2. The van der Waals surface area contributed by atoms with E-state index in [0.29, 0.717) is 18.3 Å². The van der Waals surface area contributed by atoms with Crippen molar-refractivity contribution in [3.63, 3.8) is 0 Å². The van der Waals surface area contributed by atoms with Gasteiger partial charge in [-0.3, -0.25) is 4.90 Å². The summed E-state index contributed by atoms with van der Waals surface area (Å²) in [6.07, 6.45) is 0.970. The smallest absolute Gasteiger partial charge is 0.322 e. The van der Waals surface area contributed by atoms with Crippen molar-refractivity contribution in [3.8, 4) is 17.1 Å². The van der Waals surface area contributed by atoms with Gasteiger partial charge in [-0.15, -0.1) is 0 Å². The van der Waals surface area contributed by atoms with Gasteiger partial charge in [-0.05, 0) is 49.1 Å². The lowest BCUT2D eigenvalue weighted by atomic mass is 9.94. The van der Waals surface area contributed by atoms with Crippen molar-refractivity contribution >= 4 is 11.6 Å². The standard InChI is InChI=1S/C30H30N4O3/c1-5-21-8-10-22(11-9-21)18-34-20(3)26(27(31-30(34)35)23-14-16-25(36-4)17-15-23)29-32-28(33-37-29)24-12-6-19(2)7-13-24/h6-17,27H,5,18H2,1-4H3,(H,31,35). The van der Waals surface area contributed by atoms with Crippen molar-refractivity contribution in [1.29, 1.82) is 0 Å². The molecule has 2 amide bonds. The van der Waals surface area contributed by atoms with Crippen LogP contribution in [0.4, 0.5) is 4.79 Å². The topological polar surface area (TPSA) is 80.5 Å². The zero-order chi connectivity index (χ0) is 25.9. The average molecular weight is 495 g/mol. The van der Waals surface area contributed by atoms with Gasteiger partial charge in [0, 0.05) is 11.3 Å². The van der Waals surface area contributed by atoms with Crippen LogP contribution in [0.5, 0.6) is 5.75 Å². The first-order valence-corrected chi connectivity index (χ1v) is 12.4. The van der Waals surface area contributed by atoms with E-state index in [-0.39, 0.29) is 6.03 Å². The van der Waals surface area contributed by atoms with Gasteiger partial charge in [0.25, 0.3) is 5.89 Å². The van der Waals surface area contributed by atoms with Crippen LogP contribution in [0.15, 0.2) is 83.0 Å². The summed E-state index contributed by atoms with van der Waals surface area (Å²) >= 11 is 0. The highest BCUT2D eigenvalue weighted by molar-refractivity contribution is 5.87. The number of hydrogen-bond donors (Lipinski definition) is 1. The van der Waals surface area contributed by atoms with Crippen molar-refractivity contribution in [1.82, 2.24) is 20.4 Å². The molecule has 0 bridgehead atoms. The lowest BCUT2D eigenvalue weighted by Crippen LogP contribution is -2.45. The minimum atomic E-state index is -0.455. The number of nitrogens with one attached hydrogen (secondary N) is 1. The molecule has 0 saturated heterocycles. The molecule has 1 aliphatic rings. The van der Waals surface area contributed by atoms with E-state index in [1.165, 1.54) is 5.56 Å². The van der Waals surface area contributed by atoms with Gasteiger partial charge < -0.3 is 14.6 Å². The first-order valence-electron chi connectivity index (χ1n) is 12.4. The number of benzene rings is 3. The molecule has 0 fully saturated rings. The average Bonchev–Trinajstić information content (AvgIpc) is 3.41. The number of urea groups is 1. The fourth-order valence-electron chi connectivity index (χ4n) is 4.51. The number of methoxy groups -OCH3 is 1. The maximum atomic E-state index is 13.4. The largest absolute Gasteiger partial charge is 0.497 e. The van der Waals surface area contributed by atoms with E-state index in [9.17, 15) is 4.79 Å². The third kappa shape index (κ3) is 4.98. The minimum Gasteiger partial charge on any atom is -0.497 e. The van der Waals surface area contributed by atoms with Gasteiger partial charge in [0.05, 0.1) is 25.3 Å². The number of nitrogens with zero attached hydrogens (tertiary/aromatic N) is 3. The van der Waals surface area contributed by atoms with Crippen LogP contribution in [0.1, 0.15) is 48.0 Å². The van der Waals surface area contributed by atoms with E-state index in [2.05, 4.69) is 41.7 Å². The normalized spacial score (nSPS) is 15.6. The number of allylic oxidation sites excluding steroid dienone is 1. The Hall–Kier alpha value is -4.39. The fraction of sp³-hybridized carbons (Fsp3) is 0.233. The molecule has 0 aliphatic carbocycles. The molecule has 1 aliphatic heterocycles. The van der Waals surface area contributed by atoms with Crippen LogP contribution in [-0.4, -0.2) is 28.2 Å². The van der Waals surface area contributed by atoms with Crippen molar-refractivity contribution in [2.75, 3.05) is 7.11 Å². The van der Waals surface area contributed by atoms with E-state index >= 15 is 0 Å². The van der Waals surface area contributed by atoms with Gasteiger partial charge in [0.1, 0.15) is 5.75 Å². The second kappa shape index (κ2) is 10.3. The Balaban J connectivity index is 1.56. The Labute approximate surface area is 216 Å². The first-order chi connectivity index (χ1) is 18.0. The molecule has 0 radical (unpaired) electrons. The van der Waals surface area contributed by atoms with Gasteiger partial charge >= 0.3 is 6.03 Å². The van der Waals surface area contributed by atoms with Crippen molar-refractivity contribution in [2.24, 2.45) is 0 Å². The first kappa shape index (κ1) is 24.3. The number of hydrogen-bond acceptors (Lipinski definition) is 5. The molecule has 5 rings (SSSR count). The van der Waals surface area contributed by atoms with Gasteiger partial charge in [-0.25, -0.2) is 4.79 Å². The molecule has 0 spiro atoms. The minimum absolute atomic E-state index is 0.181. The molecule has 1 aromatic heterocycles. The summed E-state index contributed by atoms with van der Waals surface area (Å²) in [7, 11) is 1.63. The zero-order valence-corrected chi connectivity index (χ0v) is 21.5. The van der Waals surface area contributed by atoms with Crippen LogP contribution >= 0.6 is 0 Å². The SMILES string of the molecule is CCc1ccc(CN2C(=O)NC(c3ccc(OC)cc3)C(c3nc(-c4ccc(C)cc4)no3)=C2C)cc1. The van der Waals surface area contributed by atoms with Gasteiger partial charge in [-0.1, -0.05) is 78.3 Å². The molecule has 1 N–H and O–H groups in total. The van der Waals surface area contributed by atoms with E-state index < -0.39 is 6.04 Å². The number of rotatable bonds is 7. The summed E-state index contributed by atoms with van der Waals surface area (Å²) in [5.41, 5.74) is 6.75. The van der Waals surface area contributed by atoms with Crippen molar-refractivity contribution in [3.05, 3.63) is 107 Å². The molecule has 1 unspecified atom stereocenters. The van der Waals surface area contributed by atoms with Crippen molar-refractivity contribution < 1.29 is 14.1 Å². The molecular formula is C30H30N4O3. The third-order valence-corrected chi connectivity index (χ3v) is 6.78. The van der Waals surface area contributed by atoms with Crippen LogP contribution in [0, 0.1) is 6.92 Å². The Morgan fingerprint density at radius 2 is 1.62 bits per heavy atom. The van der Waals surface area contributed by atoms with Crippen LogP contribution in [-0.2, 0) is 13.0 Å². The summed E-state index contributed by atoms with van der Waals surface area (Å²) in [6, 6.07) is 23.3. The summed E-state index contributed by atoms with van der Waals surface area (Å²) in [6.45, 7) is 6.52. The summed E-state index contributed by atoms with van der Waals surface area (Å²) in [4.78, 5) is 19.8. The lowest BCUT2D eigenvalue weighted by molar-refractivity contribution is 0.203. The predicted octanol–water partition coefficient (Wildman–Crippen LogP) is 6.31. The van der Waals surface area contributed by atoms with Gasteiger partial charge in [-0.2, -0.15) is 4.98 Å². The molecule has 188 valence electrons. The second-order valence-corrected chi connectivity index (χ2v) is 9.20. The Morgan fingerprint density at radius 3 is 2.27 bits per heavy atom. The van der Waals surface area contributed by atoms with E-state index in [1.54, 1.807) is 12.0 Å². The highest BCUT2D eigenvalue weighted by atomic mass is 16.5. The molecule has 37 heavy (non-hydrogen) atoms. The molecule has 3 aromatic carbocycles.